The van der Waals surface area contributed by atoms with Crippen LogP contribution in [0.5, 0.6) is 11.5 Å². The van der Waals surface area contributed by atoms with Gasteiger partial charge in [0, 0.05) is 5.56 Å². The van der Waals surface area contributed by atoms with Gasteiger partial charge in [0.05, 0.1) is 22.6 Å². The molecular weight excluding hydrogens is 481 g/mol. The van der Waals surface area contributed by atoms with Crippen LogP contribution in [0.1, 0.15) is 17.3 Å². The summed E-state index contributed by atoms with van der Waals surface area (Å²) in [6, 6.07) is 15.3. The van der Waals surface area contributed by atoms with E-state index in [0.29, 0.717) is 11.1 Å². The van der Waals surface area contributed by atoms with Crippen LogP contribution < -0.4 is 15.2 Å². The average Bonchev–Trinajstić information content (AvgIpc) is 3.11. The van der Waals surface area contributed by atoms with E-state index in [-0.39, 0.29) is 34.1 Å². The molecule has 12 heteroatoms. The molecule has 3 aromatic rings. The van der Waals surface area contributed by atoms with E-state index in [1.165, 1.54) is 37.3 Å². The maximum Gasteiger partial charge on any atom is 0.573 e. The van der Waals surface area contributed by atoms with Crippen molar-refractivity contribution in [3.8, 4) is 22.6 Å². The Bertz CT molecular complexity index is 1400. The van der Waals surface area contributed by atoms with Crippen molar-refractivity contribution < 1.29 is 37.7 Å². The number of carbonyl (C=O) groups excluding carboxylic acids is 1. The van der Waals surface area contributed by atoms with Crippen LogP contribution in [0.25, 0.3) is 11.1 Å². The van der Waals surface area contributed by atoms with Gasteiger partial charge in [-0.1, -0.05) is 24.3 Å². The summed E-state index contributed by atoms with van der Waals surface area (Å²) in [6.45, 7) is 1.52. The first-order chi connectivity index (χ1) is 17.0. The van der Waals surface area contributed by atoms with Gasteiger partial charge in [-0.05, 0) is 55.0 Å². The lowest BCUT2D eigenvalue weighted by Crippen LogP contribution is -2.28. The van der Waals surface area contributed by atoms with Gasteiger partial charge in [0.15, 0.2) is 5.71 Å². The van der Waals surface area contributed by atoms with E-state index in [0.717, 1.165) is 17.1 Å². The molecule has 0 aromatic heterocycles. The van der Waals surface area contributed by atoms with Crippen LogP contribution in [0.4, 0.5) is 24.5 Å². The Morgan fingerprint density at radius 3 is 2.44 bits per heavy atom. The minimum Gasteiger partial charge on any atom is -0.505 e. The maximum atomic E-state index is 12.8. The van der Waals surface area contributed by atoms with Crippen LogP contribution in [0.2, 0.25) is 0 Å². The third-order valence-corrected chi connectivity index (χ3v) is 5.05. The largest absolute Gasteiger partial charge is 0.573 e. The van der Waals surface area contributed by atoms with E-state index in [1.54, 1.807) is 24.3 Å². The van der Waals surface area contributed by atoms with Crippen LogP contribution in [0.15, 0.2) is 76.9 Å². The monoisotopic (exact) mass is 498 g/mol. The molecule has 3 aromatic carbocycles. The number of benzene rings is 3. The minimum atomic E-state index is -4.84. The number of para-hydroxylation sites is 1. The van der Waals surface area contributed by atoms with Crippen molar-refractivity contribution in [1.29, 1.82) is 0 Å². The third-order valence-electron chi connectivity index (χ3n) is 5.05. The van der Waals surface area contributed by atoms with Crippen LogP contribution in [-0.2, 0) is 4.79 Å². The Kier molecular flexibility index (Phi) is 6.34. The van der Waals surface area contributed by atoms with Gasteiger partial charge in [-0.3, -0.25) is 10.2 Å². The quantitative estimate of drug-likeness (QED) is 0.330. The van der Waals surface area contributed by atoms with Gasteiger partial charge in [0.1, 0.15) is 11.5 Å². The fraction of sp³-hybridized carbons (Fsp3) is 0.0833. The number of ether oxygens (including phenoxy) is 1. The number of hydrazone groups is 2. The third kappa shape index (κ3) is 5.12. The molecule has 1 heterocycles. The summed E-state index contributed by atoms with van der Waals surface area (Å²) >= 11 is 0. The SMILES string of the molecule is CC1=NN(c2ccc(OC(F)(F)F)cc2)C(=O)C1=NNc1cccc(-c2cccc(C(=O)O)c2)c1O. The second-order valence-corrected chi connectivity index (χ2v) is 7.50. The second kappa shape index (κ2) is 9.41. The Hall–Kier alpha value is -4.87. The molecule has 0 radical (unpaired) electrons. The molecule has 0 saturated carbocycles. The van der Waals surface area contributed by atoms with Crippen LogP contribution in [-0.4, -0.2) is 39.9 Å². The molecule has 0 aliphatic carbocycles. The summed E-state index contributed by atoms with van der Waals surface area (Å²) in [7, 11) is 0. The van der Waals surface area contributed by atoms with Crippen molar-refractivity contribution in [2.45, 2.75) is 13.3 Å². The van der Waals surface area contributed by atoms with Crippen molar-refractivity contribution in [2.24, 2.45) is 10.2 Å². The van der Waals surface area contributed by atoms with Crippen LogP contribution in [0, 0.1) is 0 Å². The van der Waals surface area contributed by atoms with E-state index in [4.69, 9.17) is 0 Å². The number of halogens is 3. The molecule has 0 unspecified atom stereocenters. The highest BCUT2D eigenvalue weighted by atomic mass is 19.4. The number of carboxylic acid groups (broad SMARTS) is 1. The number of hydrogen-bond donors (Lipinski definition) is 3. The number of aromatic hydroxyl groups is 1. The summed E-state index contributed by atoms with van der Waals surface area (Å²) in [5.41, 5.74) is 3.96. The first-order valence-corrected chi connectivity index (χ1v) is 10.3. The standard InChI is InChI=1S/C24H17F3N4O5/c1-13-20(22(33)31(30-13)16-8-10-17(11-9-16)36-24(25,26)27)29-28-19-7-3-6-18(21(19)32)14-4-2-5-15(12-14)23(34)35/h2-12,28,32H,1H3,(H,34,35). The molecule has 0 bridgehead atoms. The maximum absolute atomic E-state index is 12.8. The number of alkyl halides is 3. The molecule has 1 amide bonds. The fourth-order valence-electron chi connectivity index (χ4n) is 3.39. The van der Waals surface area contributed by atoms with E-state index >= 15 is 0 Å². The Morgan fingerprint density at radius 1 is 1.08 bits per heavy atom. The first-order valence-electron chi connectivity index (χ1n) is 10.3. The number of carbonyl (C=O) groups is 2. The predicted octanol–water partition coefficient (Wildman–Crippen LogP) is 4.85. The van der Waals surface area contributed by atoms with Crippen molar-refractivity contribution >= 4 is 34.7 Å². The number of carboxylic acids is 1. The first kappa shape index (κ1) is 24.3. The normalized spacial score (nSPS) is 14.7. The molecule has 1 aliphatic heterocycles. The van der Waals surface area contributed by atoms with Gasteiger partial charge in [-0.15, -0.1) is 13.2 Å². The zero-order chi connectivity index (χ0) is 26.0. The van der Waals surface area contributed by atoms with Gasteiger partial charge in [-0.2, -0.15) is 15.2 Å². The second-order valence-electron chi connectivity index (χ2n) is 7.50. The summed E-state index contributed by atoms with van der Waals surface area (Å²) in [4.78, 5) is 24.1. The lowest BCUT2D eigenvalue weighted by Gasteiger charge is -2.13. The lowest BCUT2D eigenvalue weighted by atomic mass is 10.0. The Balaban J connectivity index is 1.54. The lowest BCUT2D eigenvalue weighted by molar-refractivity contribution is -0.274. The molecule has 184 valence electrons. The Labute approximate surface area is 201 Å². The fourth-order valence-corrected chi connectivity index (χ4v) is 3.39. The summed E-state index contributed by atoms with van der Waals surface area (Å²) < 4.78 is 40.9. The number of anilines is 2. The topological polar surface area (TPSA) is 124 Å². The number of nitrogens with zero attached hydrogens (tertiary/aromatic N) is 3. The highest BCUT2D eigenvalue weighted by Crippen LogP contribution is 2.36. The van der Waals surface area contributed by atoms with E-state index in [1.807, 2.05) is 0 Å². The molecule has 3 N–H and O–H groups in total. The highest BCUT2D eigenvalue weighted by Gasteiger charge is 2.33. The summed E-state index contributed by atoms with van der Waals surface area (Å²) in [5.74, 6) is -2.42. The molecule has 36 heavy (non-hydrogen) atoms. The zero-order valence-corrected chi connectivity index (χ0v) is 18.4. The number of aromatic carboxylic acids is 1. The molecule has 0 spiro atoms. The van der Waals surface area contributed by atoms with Gasteiger partial charge in [0.2, 0.25) is 0 Å². The van der Waals surface area contributed by atoms with Crippen molar-refractivity contribution in [3.63, 3.8) is 0 Å². The molecular formula is C24H17F3N4O5. The molecule has 0 atom stereocenters. The predicted molar refractivity (Wildman–Crippen MR) is 125 cm³/mol. The van der Waals surface area contributed by atoms with Crippen molar-refractivity contribution in [3.05, 3.63) is 72.3 Å². The van der Waals surface area contributed by atoms with E-state index in [2.05, 4.69) is 20.4 Å². The number of amides is 1. The number of nitrogens with one attached hydrogen (secondary N) is 1. The van der Waals surface area contributed by atoms with Gasteiger partial charge in [-0.25, -0.2) is 4.79 Å². The number of rotatable bonds is 6. The van der Waals surface area contributed by atoms with Crippen molar-refractivity contribution in [2.75, 3.05) is 10.4 Å². The van der Waals surface area contributed by atoms with Gasteiger partial charge < -0.3 is 14.9 Å². The van der Waals surface area contributed by atoms with E-state index in [9.17, 15) is 33.0 Å². The smallest absolute Gasteiger partial charge is 0.505 e. The van der Waals surface area contributed by atoms with Crippen LogP contribution in [0.3, 0.4) is 0 Å². The molecule has 0 saturated heterocycles. The number of hydrogen-bond acceptors (Lipinski definition) is 7. The number of phenolic OH excluding ortho intramolecular Hbond substituents is 1. The summed E-state index contributed by atoms with van der Waals surface area (Å²) in [5, 5.41) is 29.1. The molecule has 4 rings (SSSR count). The highest BCUT2D eigenvalue weighted by molar-refractivity contribution is 6.71. The van der Waals surface area contributed by atoms with Crippen molar-refractivity contribution in [1.82, 2.24) is 0 Å². The Morgan fingerprint density at radius 2 is 1.78 bits per heavy atom. The zero-order valence-electron chi connectivity index (χ0n) is 18.4. The molecule has 1 aliphatic rings. The minimum absolute atomic E-state index is 0.0481. The van der Waals surface area contributed by atoms with Gasteiger partial charge in [0.25, 0.3) is 0 Å². The average molecular weight is 498 g/mol. The summed E-state index contributed by atoms with van der Waals surface area (Å²) in [6.07, 6.45) is -4.84. The van der Waals surface area contributed by atoms with Gasteiger partial charge >= 0.3 is 18.2 Å². The van der Waals surface area contributed by atoms with Crippen LogP contribution >= 0.6 is 0 Å². The van der Waals surface area contributed by atoms with E-state index < -0.39 is 24.0 Å². The molecule has 0 fully saturated rings. The number of phenols is 1. The molecule has 9 nitrogen and oxygen atoms in total.